The van der Waals surface area contributed by atoms with E-state index in [0.29, 0.717) is 25.0 Å². The number of nitro benzene ring substituents is 1. The van der Waals surface area contributed by atoms with Crippen LogP contribution in [0.5, 0.6) is 0 Å². The van der Waals surface area contributed by atoms with E-state index in [4.69, 9.17) is 4.74 Å². The van der Waals surface area contributed by atoms with Gasteiger partial charge in [-0.3, -0.25) is 10.1 Å². The SMILES string of the molecule is CN(Cc1cccc(F)c1)C(=NCc1ccc([N+](=O)[O-])cc1)NCC1CCOC1.I. The molecule has 1 N–H and O–H groups in total. The third-order valence-corrected chi connectivity index (χ3v) is 4.80. The van der Waals surface area contributed by atoms with Crippen LogP contribution in [-0.2, 0) is 17.8 Å². The molecule has 0 aromatic heterocycles. The summed E-state index contributed by atoms with van der Waals surface area (Å²) in [6.45, 7) is 3.14. The van der Waals surface area contributed by atoms with Crippen LogP contribution >= 0.6 is 24.0 Å². The lowest BCUT2D eigenvalue weighted by Gasteiger charge is -2.24. The Kier molecular flexibility index (Phi) is 9.44. The molecule has 0 bridgehead atoms. The third-order valence-electron chi connectivity index (χ3n) is 4.80. The topological polar surface area (TPSA) is 80.0 Å². The molecule has 9 heteroatoms. The van der Waals surface area contributed by atoms with Gasteiger partial charge in [0, 0.05) is 44.8 Å². The number of guanidine groups is 1. The summed E-state index contributed by atoms with van der Waals surface area (Å²) in [6, 6.07) is 12.9. The molecular weight excluding hydrogens is 502 g/mol. The van der Waals surface area contributed by atoms with E-state index in [2.05, 4.69) is 10.3 Å². The zero-order valence-electron chi connectivity index (χ0n) is 16.8. The molecule has 1 saturated heterocycles. The molecule has 1 heterocycles. The van der Waals surface area contributed by atoms with Gasteiger partial charge in [0.05, 0.1) is 18.1 Å². The minimum Gasteiger partial charge on any atom is -0.381 e. The van der Waals surface area contributed by atoms with E-state index in [1.807, 2.05) is 18.0 Å². The van der Waals surface area contributed by atoms with E-state index in [0.717, 1.165) is 37.3 Å². The maximum Gasteiger partial charge on any atom is 0.269 e. The van der Waals surface area contributed by atoms with Crippen molar-refractivity contribution < 1.29 is 14.1 Å². The fourth-order valence-electron chi connectivity index (χ4n) is 3.16. The molecule has 0 saturated carbocycles. The first-order chi connectivity index (χ1) is 14.0. The Morgan fingerprint density at radius 2 is 2.07 bits per heavy atom. The van der Waals surface area contributed by atoms with Crippen molar-refractivity contribution in [3.05, 3.63) is 75.6 Å². The van der Waals surface area contributed by atoms with Crippen molar-refractivity contribution in [3.63, 3.8) is 0 Å². The number of aliphatic imine (C=N–C) groups is 1. The van der Waals surface area contributed by atoms with Crippen LogP contribution in [-0.4, -0.2) is 42.6 Å². The van der Waals surface area contributed by atoms with Crippen LogP contribution in [0.3, 0.4) is 0 Å². The Hall–Kier alpha value is -2.27. The van der Waals surface area contributed by atoms with Crippen LogP contribution < -0.4 is 5.32 Å². The van der Waals surface area contributed by atoms with Gasteiger partial charge in [-0.15, -0.1) is 24.0 Å². The molecule has 0 radical (unpaired) electrons. The highest BCUT2D eigenvalue weighted by Gasteiger charge is 2.17. The largest absolute Gasteiger partial charge is 0.381 e. The van der Waals surface area contributed by atoms with E-state index in [1.54, 1.807) is 18.2 Å². The molecule has 1 unspecified atom stereocenters. The number of benzene rings is 2. The predicted octanol–water partition coefficient (Wildman–Crippen LogP) is 3.97. The maximum atomic E-state index is 13.5. The van der Waals surface area contributed by atoms with Crippen LogP contribution in [0.2, 0.25) is 0 Å². The second-order valence-electron chi connectivity index (χ2n) is 7.16. The van der Waals surface area contributed by atoms with Gasteiger partial charge in [-0.25, -0.2) is 9.38 Å². The highest BCUT2D eigenvalue weighted by molar-refractivity contribution is 14.0. The minimum atomic E-state index is -0.420. The molecule has 7 nitrogen and oxygen atoms in total. The van der Waals surface area contributed by atoms with E-state index in [-0.39, 0.29) is 35.5 Å². The summed E-state index contributed by atoms with van der Waals surface area (Å²) in [6.07, 6.45) is 1.01. The van der Waals surface area contributed by atoms with Gasteiger partial charge in [0.25, 0.3) is 5.69 Å². The van der Waals surface area contributed by atoms with Gasteiger partial charge in [-0.1, -0.05) is 24.3 Å². The lowest BCUT2D eigenvalue weighted by atomic mass is 10.1. The van der Waals surface area contributed by atoms with Gasteiger partial charge in [-0.05, 0) is 29.7 Å². The molecule has 1 aliphatic rings. The summed E-state index contributed by atoms with van der Waals surface area (Å²) in [4.78, 5) is 17.0. The molecule has 30 heavy (non-hydrogen) atoms. The quantitative estimate of drug-likeness (QED) is 0.194. The first kappa shape index (κ1) is 24.0. The zero-order valence-corrected chi connectivity index (χ0v) is 19.1. The summed E-state index contributed by atoms with van der Waals surface area (Å²) < 4.78 is 18.9. The number of nitro groups is 1. The molecule has 2 aromatic rings. The zero-order chi connectivity index (χ0) is 20.6. The molecule has 2 aromatic carbocycles. The van der Waals surface area contributed by atoms with Crippen molar-refractivity contribution in [2.75, 3.05) is 26.8 Å². The number of non-ortho nitro benzene ring substituents is 1. The van der Waals surface area contributed by atoms with Crippen molar-refractivity contribution in [1.82, 2.24) is 10.2 Å². The number of ether oxygens (including phenoxy) is 1. The minimum absolute atomic E-state index is 0. The molecule has 162 valence electrons. The first-order valence-corrected chi connectivity index (χ1v) is 9.56. The predicted molar refractivity (Wildman–Crippen MR) is 124 cm³/mol. The smallest absolute Gasteiger partial charge is 0.269 e. The van der Waals surface area contributed by atoms with Gasteiger partial charge in [0.1, 0.15) is 5.82 Å². The van der Waals surface area contributed by atoms with Gasteiger partial charge in [0.15, 0.2) is 5.96 Å². The van der Waals surface area contributed by atoms with E-state index in [1.165, 1.54) is 24.3 Å². The number of nitrogens with zero attached hydrogens (tertiary/aromatic N) is 3. The molecular formula is C21H26FIN4O3. The van der Waals surface area contributed by atoms with E-state index >= 15 is 0 Å². The van der Waals surface area contributed by atoms with E-state index < -0.39 is 4.92 Å². The Labute approximate surface area is 192 Å². The van der Waals surface area contributed by atoms with Crippen LogP contribution in [0.15, 0.2) is 53.5 Å². The van der Waals surface area contributed by atoms with Crippen molar-refractivity contribution >= 4 is 35.6 Å². The second-order valence-corrected chi connectivity index (χ2v) is 7.16. The van der Waals surface area contributed by atoms with Crippen molar-refractivity contribution in [2.24, 2.45) is 10.9 Å². The average molecular weight is 528 g/mol. The van der Waals surface area contributed by atoms with Gasteiger partial charge in [-0.2, -0.15) is 0 Å². The number of halogens is 2. The summed E-state index contributed by atoms with van der Waals surface area (Å²) in [5.74, 6) is 0.859. The van der Waals surface area contributed by atoms with Crippen LogP contribution in [0.25, 0.3) is 0 Å². The highest BCUT2D eigenvalue weighted by Crippen LogP contribution is 2.14. The Balaban J connectivity index is 0.00000320. The van der Waals surface area contributed by atoms with E-state index in [9.17, 15) is 14.5 Å². The van der Waals surface area contributed by atoms with Crippen molar-refractivity contribution in [3.8, 4) is 0 Å². The molecule has 1 aliphatic heterocycles. The van der Waals surface area contributed by atoms with Gasteiger partial charge in [0.2, 0.25) is 0 Å². The molecule has 0 amide bonds. The second kappa shape index (κ2) is 11.8. The number of rotatable bonds is 7. The lowest BCUT2D eigenvalue weighted by molar-refractivity contribution is -0.384. The van der Waals surface area contributed by atoms with Crippen LogP contribution in [0.4, 0.5) is 10.1 Å². The Morgan fingerprint density at radius 1 is 1.30 bits per heavy atom. The normalized spacial score (nSPS) is 16.1. The molecule has 1 fully saturated rings. The number of hydrogen-bond acceptors (Lipinski definition) is 4. The van der Waals surface area contributed by atoms with Crippen LogP contribution in [0.1, 0.15) is 17.5 Å². The van der Waals surface area contributed by atoms with Crippen LogP contribution in [0, 0.1) is 21.8 Å². The van der Waals surface area contributed by atoms with Gasteiger partial charge >= 0.3 is 0 Å². The Morgan fingerprint density at radius 3 is 2.70 bits per heavy atom. The molecule has 0 aliphatic carbocycles. The summed E-state index contributed by atoms with van der Waals surface area (Å²) in [7, 11) is 1.90. The standard InChI is InChI=1S/C21H25FN4O3.HI/c1-25(14-17-3-2-4-19(22)11-17)21(24-13-18-9-10-29-15-18)23-12-16-5-7-20(8-6-16)26(27)28;/h2-8,11,18H,9-10,12-15H2,1H3,(H,23,24);1H. The number of nitrogens with one attached hydrogen (secondary N) is 1. The molecule has 0 spiro atoms. The summed E-state index contributed by atoms with van der Waals surface area (Å²) >= 11 is 0. The first-order valence-electron chi connectivity index (χ1n) is 9.56. The van der Waals surface area contributed by atoms with Crippen molar-refractivity contribution in [1.29, 1.82) is 0 Å². The Bertz CT molecular complexity index is 858. The summed E-state index contributed by atoms with van der Waals surface area (Å²) in [5.41, 5.74) is 1.78. The molecule has 1 atom stereocenters. The van der Waals surface area contributed by atoms with Crippen molar-refractivity contribution in [2.45, 2.75) is 19.5 Å². The maximum absolute atomic E-state index is 13.5. The number of hydrogen-bond donors (Lipinski definition) is 1. The highest BCUT2D eigenvalue weighted by atomic mass is 127. The fraction of sp³-hybridized carbons (Fsp3) is 0.381. The van der Waals surface area contributed by atoms with Gasteiger partial charge < -0.3 is 15.0 Å². The monoisotopic (exact) mass is 528 g/mol. The average Bonchev–Trinajstić information content (AvgIpc) is 3.22. The third kappa shape index (κ3) is 7.21. The molecule has 3 rings (SSSR count). The lowest BCUT2D eigenvalue weighted by Crippen LogP contribution is -2.41. The fourth-order valence-corrected chi connectivity index (χ4v) is 3.16. The summed E-state index contributed by atoms with van der Waals surface area (Å²) in [5, 5.41) is 14.2.